The fourth-order valence-corrected chi connectivity index (χ4v) is 2.71. The second-order valence-corrected chi connectivity index (χ2v) is 5.44. The number of rotatable bonds is 2. The molecule has 1 N–H and O–H groups in total. The van der Waals surface area contributed by atoms with Crippen LogP contribution in [0.1, 0.15) is 18.9 Å². The van der Waals surface area contributed by atoms with E-state index in [0.717, 1.165) is 18.5 Å². The molecular formula is C17H19FN2. The van der Waals surface area contributed by atoms with Gasteiger partial charge in [-0.05, 0) is 55.7 Å². The molecule has 0 spiro atoms. The Morgan fingerprint density at radius 3 is 2.80 bits per heavy atom. The summed E-state index contributed by atoms with van der Waals surface area (Å²) in [6, 6.07) is 13.7. The zero-order chi connectivity index (χ0) is 14.1. The first-order chi connectivity index (χ1) is 9.65. The molecule has 0 amide bonds. The van der Waals surface area contributed by atoms with E-state index in [9.17, 15) is 4.39 Å². The molecule has 0 fully saturated rings. The molecule has 0 bridgehead atoms. The molecule has 0 saturated carbocycles. The van der Waals surface area contributed by atoms with E-state index in [1.807, 2.05) is 24.1 Å². The lowest BCUT2D eigenvalue weighted by Gasteiger charge is -2.27. The minimum absolute atomic E-state index is 0.195. The van der Waals surface area contributed by atoms with Gasteiger partial charge in [-0.15, -0.1) is 0 Å². The maximum atomic E-state index is 13.9. The molecule has 1 unspecified atom stereocenters. The van der Waals surface area contributed by atoms with Crippen LogP contribution in [-0.4, -0.2) is 13.1 Å². The Morgan fingerprint density at radius 1 is 1.20 bits per heavy atom. The smallest absolute Gasteiger partial charge is 0.146 e. The van der Waals surface area contributed by atoms with Crippen molar-refractivity contribution in [1.82, 2.24) is 0 Å². The number of anilines is 3. The van der Waals surface area contributed by atoms with E-state index in [1.54, 1.807) is 12.1 Å². The quantitative estimate of drug-likeness (QED) is 0.873. The van der Waals surface area contributed by atoms with Crippen molar-refractivity contribution in [1.29, 1.82) is 0 Å². The van der Waals surface area contributed by atoms with Gasteiger partial charge in [0.15, 0.2) is 0 Å². The number of nitrogens with one attached hydrogen (secondary N) is 1. The minimum Gasteiger partial charge on any atom is -0.382 e. The van der Waals surface area contributed by atoms with Crippen LogP contribution in [0.2, 0.25) is 0 Å². The molecule has 3 heteroatoms. The van der Waals surface area contributed by atoms with Crippen LogP contribution in [0, 0.1) is 5.82 Å². The number of aryl methyl sites for hydroxylation is 1. The summed E-state index contributed by atoms with van der Waals surface area (Å²) < 4.78 is 13.9. The zero-order valence-electron chi connectivity index (χ0n) is 11.9. The van der Waals surface area contributed by atoms with E-state index in [1.165, 1.54) is 17.3 Å². The topological polar surface area (TPSA) is 15.3 Å². The van der Waals surface area contributed by atoms with Gasteiger partial charge in [-0.1, -0.05) is 12.1 Å². The Balaban J connectivity index is 1.93. The van der Waals surface area contributed by atoms with Crippen molar-refractivity contribution in [2.45, 2.75) is 25.8 Å². The van der Waals surface area contributed by atoms with E-state index in [0.29, 0.717) is 11.7 Å². The summed E-state index contributed by atoms with van der Waals surface area (Å²) in [5.41, 5.74) is 4.13. The molecule has 20 heavy (non-hydrogen) atoms. The highest BCUT2D eigenvalue weighted by molar-refractivity contribution is 5.68. The molecule has 104 valence electrons. The average molecular weight is 270 g/mol. The van der Waals surface area contributed by atoms with Crippen molar-refractivity contribution in [2.24, 2.45) is 0 Å². The van der Waals surface area contributed by atoms with Crippen LogP contribution in [0.5, 0.6) is 0 Å². The second-order valence-electron chi connectivity index (χ2n) is 5.44. The molecule has 1 aliphatic heterocycles. The summed E-state index contributed by atoms with van der Waals surface area (Å²) >= 11 is 0. The highest BCUT2D eigenvalue weighted by atomic mass is 19.1. The number of halogens is 1. The number of hydrogen-bond acceptors (Lipinski definition) is 2. The van der Waals surface area contributed by atoms with Gasteiger partial charge in [0.25, 0.3) is 0 Å². The van der Waals surface area contributed by atoms with Crippen LogP contribution in [-0.2, 0) is 6.42 Å². The summed E-state index contributed by atoms with van der Waals surface area (Å²) in [6.07, 6.45) is 2.21. The number of para-hydroxylation sites is 1. The SMILES string of the molecule is CC1CCc2cc(N(C)c3ccccc3F)ccc2N1. The van der Waals surface area contributed by atoms with E-state index >= 15 is 0 Å². The number of benzene rings is 2. The van der Waals surface area contributed by atoms with E-state index in [-0.39, 0.29) is 5.82 Å². The van der Waals surface area contributed by atoms with Crippen molar-refractivity contribution < 1.29 is 4.39 Å². The Morgan fingerprint density at radius 2 is 2.00 bits per heavy atom. The van der Waals surface area contributed by atoms with Gasteiger partial charge in [-0.2, -0.15) is 0 Å². The average Bonchev–Trinajstić information content (AvgIpc) is 2.46. The van der Waals surface area contributed by atoms with Gasteiger partial charge in [-0.3, -0.25) is 0 Å². The van der Waals surface area contributed by atoms with Crippen molar-refractivity contribution in [2.75, 3.05) is 17.3 Å². The van der Waals surface area contributed by atoms with Crippen molar-refractivity contribution in [3.63, 3.8) is 0 Å². The maximum Gasteiger partial charge on any atom is 0.146 e. The lowest BCUT2D eigenvalue weighted by molar-refractivity contribution is 0.627. The van der Waals surface area contributed by atoms with Gasteiger partial charge in [0, 0.05) is 24.5 Å². The summed E-state index contributed by atoms with van der Waals surface area (Å²) in [7, 11) is 1.90. The predicted molar refractivity (Wildman–Crippen MR) is 82.3 cm³/mol. The molecule has 2 nitrogen and oxygen atoms in total. The lowest BCUT2D eigenvalue weighted by Crippen LogP contribution is -2.22. The predicted octanol–water partition coefficient (Wildman–Crippen LogP) is 4.34. The Kier molecular flexibility index (Phi) is 3.35. The van der Waals surface area contributed by atoms with Crippen LogP contribution < -0.4 is 10.2 Å². The van der Waals surface area contributed by atoms with Crippen molar-refractivity contribution in [3.8, 4) is 0 Å². The van der Waals surface area contributed by atoms with Gasteiger partial charge in [0.1, 0.15) is 5.82 Å². The lowest BCUT2D eigenvalue weighted by atomic mass is 9.98. The molecule has 2 aromatic carbocycles. The standard InChI is InChI=1S/C17H19FN2/c1-12-7-8-13-11-14(9-10-16(13)19-12)20(2)17-6-4-3-5-15(17)18/h3-6,9-12,19H,7-8H2,1-2H3. The first kappa shape index (κ1) is 13.0. The van der Waals surface area contributed by atoms with Crippen LogP contribution in [0.25, 0.3) is 0 Å². The summed E-state index contributed by atoms with van der Waals surface area (Å²) in [5, 5.41) is 3.48. The van der Waals surface area contributed by atoms with Crippen LogP contribution >= 0.6 is 0 Å². The van der Waals surface area contributed by atoms with Crippen LogP contribution in [0.4, 0.5) is 21.5 Å². The molecule has 1 aliphatic rings. The fourth-order valence-electron chi connectivity index (χ4n) is 2.71. The number of hydrogen-bond donors (Lipinski definition) is 1. The highest BCUT2D eigenvalue weighted by Crippen LogP contribution is 2.32. The van der Waals surface area contributed by atoms with E-state index in [2.05, 4.69) is 24.4 Å². The molecule has 1 atom stereocenters. The molecule has 0 radical (unpaired) electrons. The van der Waals surface area contributed by atoms with E-state index < -0.39 is 0 Å². The second kappa shape index (κ2) is 5.16. The van der Waals surface area contributed by atoms with Crippen LogP contribution in [0.15, 0.2) is 42.5 Å². The van der Waals surface area contributed by atoms with E-state index in [4.69, 9.17) is 0 Å². The molecular weight excluding hydrogens is 251 g/mol. The Bertz CT molecular complexity index is 624. The van der Waals surface area contributed by atoms with Crippen molar-refractivity contribution >= 4 is 17.1 Å². The molecule has 2 aromatic rings. The first-order valence-corrected chi connectivity index (χ1v) is 7.03. The fraction of sp³-hybridized carbons (Fsp3) is 0.294. The third-order valence-electron chi connectivity index (χ3n) is 3.94. The van der Waals surface area contributed by atoms with Crippen LogP contribution in [0.3, 0.4) is 0 Å². The van der Waals surface area contributed by atoms with Gasteiger partial charge in [0.2, 0.25) is 0 Å². The molecule has 0 aromatic heterocycles. The normalized spacial score (nSPS) is 17.2. The Labute approximate surface area is 119 Å². The minimum atomic E-state index is -0.195. The molecule has 1 heterocycles. The van der Waals surface area contributed by atoms with Gasteiger partial charge >= 0.3 is 0 Å². The molecule has 3 rings (SSSR count). The molecule has 0 saturated heterocycles. The van der Waals surface area contributed by atoms with Gasteiger partial charge in [-0.25, -0.2) is 4.39 Å². The van der Waals surface area contributed by atoms with Gasteiger partial charge < -0.3 is 10.2 Å². The van der Waals surface area contributed by atoms with Crippen molar-refractivity contribution in [3.05, 3.63) is 53.8 Å². The zero-order valence-corrected chi connectivity index (χ0v) is 11.9. The highest BCUT2D eigenvalue weighted by Gasteiger charge is 2.16. The summed E-state index contributed by atoms with van der Waals surface area (Å²) in [5.74, 6) is -0.195. The third-order valence-corrected chi connectivity index (χ3v) is 3.94. The Hall–Kier alpha value is -2.03. The summed E-state index contributed by atoms with van der Waals surface area (Å²) in [6.45, 7) is 2.20. The summed E-state index contributed by atoms with van der Waals surface area (Å²) in [4.78, 5) is 1.90. The maximum absolute atomic E-state index is 13.9. The monoisotopic (exact) mass is 270 g/mol. The number of nitrogens with zero attached hydrogens (tertiary/aromatic N) is 1. The third kappa shape index (κ3) is 2.36. The molecule has 0 aliphatic carbocycles. The van der Waals surface area contributed by atoms with Gasteiger partial charge in [0.05, 0.1) is 5.69 Å². The number of fused-ring (bicyclic) bond motifs is 1. The first-order valence-electron chi connectivity index (χ1n) is 7.03. The largest absolute Gasteiger partial charge is 0.382 e.